The zero-order valence-electron chi connectivity index (χ0n) is 12.4. The molecule has 0 saturated carbocycles. The zero-order valence-corrected chi connectivity index (χ0v) is 13.9. The Hall–Kier alpha value is -2.04. The van der Waals surface area contributed by atoms with E-state index in [2.05, 4.69) is 5.32 Å². The summed E-state index contributed by atoms with van der Waals surface area (Å²) in [6.45, 7) is 0. The predicted octanol–water partition coefficient (Wildman–Crippen LogP) is 4.60. The minimum Gasteiger partial charge on any atom is -0.495 e. The molecule has 120 valence electrons. The number of hydrogen-bond acceptors (Lipinski definition) is 3. The summed E-state index contributed by atoms with van der Waals surface area (Å²) in [5.41, 5.74) is 1.09. The van der Waals surface area contributed by atoms with Gasteiger partial charge in [0.15, 0.2) is 5.78 Å². The smallest absolute Gasteiger partial charge is 0.224 e. The number of anilines is 1. The number of halogens is 2. The molecule has 4 nitrogen and oxygen atoms in total. The number of carbonyl (C=O) groups excluding carboxylic acids is 2. The van der Waals surface area contributed by atoms with Crippen molar-refractivity contribution < 1.29 is 14.3 Å². The number of methoxy groups -OCH3 is 1. The Morgan fingerprint density at radius 2 is 1.74 bits per heavy atom. The second-order valence-corrected chi connectivity index (χ2v) is 5.67. The number of amides is 1. The predicted molar refractivity (Wildman–Crippen MR) is 91.7 cm³/mol. The van der Waals surface area contributed by atoms with E-state index in [-0.39, 0.29) is 24.5 Å². The summed E-state index contributed by atoms with van der Waals surface area (Å²) in [4.78, 5) is 23.9. The number of carbonyl (C=O) groups is 2. The third-order valence-electron chi connectivity index (χ3n) is 3.18. The van der Waals surface area contributed by atoms with E-state index in [0.717, 1.165) is 0 Å². The van der Waals surface area contributed by atoms with Crippen molar-refractivity contribution in [2.45, 2.75) is 12.8 Å². The van der Waals surface area contributed by atoms with Crippen LogP contribution >= 0.6 is 23.2 Å². The van der Waals surface area contributed by atoms with Crippen LogP contribution in [0, 0.1) is 0 Å². The van der Waals surface area contributed by atoms with E-state index in [1.54, 1.807) is 42.5 Å². The standard InChI is InChI=1S/C17H15Cl2NO3/c1-23-16-8-6-13(10-14(16)19)20-17(22)9-7-15(21)11-2-4-12(18)5-3-11/h2-6,8,10H,7,9H2,1H3,(H,20,22). The first kappa shape index (κ1) is 17.3. The molecule has 0 heterocycles. The Labute approximate surface area is 144 Å². The SMILES string of the molecule is COc1ccc(NC(=O)CCC(=O)c2ccc(Cl)cc2)cc1Cl. The number of rotatable bonds is 6. The molecular weight excluding hydrogens is 337 g/mol. The van der Waals surface area contributed by atoms with Gasteiger partial charge in [-0.15, -0.1) is 0 Å². The van der Waals surface area contributed by atoms with E-state index in [9.17, 15) is 9.59 Å². The molecule has 23 heavy (non-hydrogen) atoms. The van der Waals surface area contributed by atoms with Gasteiger partial charge in [-0.3, -0.25) is 9.59 Å². The van der Waals surface area contributed by atoms with Crippen LogP contribution in [0.5, 0.6) is 5.75 Å². The number of Topliss-reactive ketones (excluding diaryl/α,β-unsaturated/α-hetero) is 1. The topological polar surface area (TPSA) is 55.4 Å². The molecule has 6 heteroatoms. The lowest BCUT2D eigenvalue weighted by molar-refractivity contribution is -0.116. The molecule has 0 aliphatic carbocycles. The third kappa shape index (κ3) is 4.98. The number of ether oxygens (including phenoxy) is 1. The molecule has 1 amide bonds. The van der Waals surface area contributed by atoms with Gasteiger partial charge in [0, 0.05) is 29.1 Å². The maximum atomic E-state index is 12.0. The summed E-state index contributed by atoms with van der Waals surface area (Å²) in [6, 6.07) is 11.5. The zero-order chi connectivity index (χ0) is 16.8. The molecule has 0 spiro atoms. The monoisotopic (exact) mass is 351 g/mol. The van der Waals surface area contributed by atoms with E-state index in [0.29, 0.717) is 27.0 Å². The van der Waals surface area contributed by atoms with Crippen LogP contribution in [-0.2, 0) is 4.79 Å². The van der Waals surface area contributed by atoms with Gasteiger partial charge in [0.1, 0.15) is 5.75 Å². The van der Waals surface area contributed by atoms with Crippen LogP contribution in [-0.4, -0.2) is 18.8 Å². The third-order valence-corrected chi connectivity index (χ3v) is 3.73. The number of hydrogen-bond donors (Lipinski definition) is 1. The minimum absolute atomic E-state index is 0.0884. The van der Waals surface area contributed by atoms with Gasteiger partial charge in [-0.2, -0.15) is 0 Å². The van der Waals surface area contributed by atoms with Crippen molar-refractivity contribution >= 4 is 40.6 Å². The van der Waals surface area contributed by atoms with Gasteiger partial charge < -0.3 is 10.1 Å². The van der Waals surface area contributed by atoms with E-state index >= 15 is 0 Å². The highest BCUT2D eigenvalue weighted by atomic mass is 35.5. The molecule has 0 saturated heterocycles. The van der Waals surface area contributed by atoms with Crippen molar-refractivity contribution in [1.29, 1.82) is 0 Å². The maximum Gasteiger partial charge on any atom is 0.224 e. The largest absolute Gasteiger partial charge is 0.495 e. The van der Waals surface area contributed by atoms with Gasteiger partial charge in [0.25, 0.3) is 0 Å². The average molecular weight is 352 g/mol. The van der Waals surface area contributed by atoms with Crippen molar-refractivity contribution in [3.8, 4) is 5.75 Å². The maximum absolute atomic E-state index is 12.0. The molecule has 0 aliphatic heterocycles. The van der Waals surface area contributed by atoms with Crippen molar-refractivity contribution in [2.75, 3.05) is 12.4 Å². The van der Waals surface area contributed by atoms with Crippen LogP contribution in [0.2, 0.25) is 10.0 Å². The van der Waals surface area contributed by atoms with E-state index in [1.807, 2.05) is 0 Å². The molecule has 0 radical (unpaired) electrons. The van der Waals surface area contributed by atoms with Crippen LogP contribution in [0.15, 0.2) is 42.5 Å². The molecule has 0 aromatic heterocycles. The molecule has 0 atom stereocenters. The molecule has 2 aromatic carbocycles. The number of benzene rings is 2. The van der Waals surface area contributed by atoms with E-state index in [1.165, 1.54) is 7.11 Å². The first-order valence-electron chi connectivity index (χ1n) is 6.92. The molecular formula is C17H15Cl2NO3. The molecule has 0 fully saturated rings. The Morgan fingerprint density at radius 3 is 2.35 bits per heavy atom. The highest BCUT2D eigenvalue weighted by Crippen LogP contribution is 2.27. The summed E-state index contributed by atoms with van der Waals surface area (Å²) in [6.07, 6.45) is 0.211. The van der Waals surface area contributed by atoms with Gasteiger partial charge in [0.2, 0.25) is 5.91 Å². The Morgan fingerprint density at radius 1 is 1.04 bits per heavy atom. The Balaban J connectivity index is 1.88. The van der Waals surface area contributed by atoms with E-state index < -0.39 is 0 Å². The molecule has 1 N–H and O–H groups in total. The summed E-state index contributed by atoms with van der Waals surface area (Å²) in [5.74, 6) is 0.167. The quantitative estimate of drug-likeness (QED) is 0.773. The lowest BCUT2D eigenvalue weighted by atomic mass is 10.1. The van der Waals surface area contributed by atoms with Crippen LogP contribution in [0.25, 0.3) is 0 Å². The molecule has 2 aromatic rings. The van der Waals surface area contributed by atoms with Gasteiger partial charge in [-0.25, -0.2) is 0 Å². The summed E-state index contributed by atoms with van der Waals surface area (Å²) < 4.78 is 5.04. The van der Waals surface area contributed by atoms with Gasteiger partial charge in [-0.05, 0) is 42.5 Å². The number of nitrogens with one attached hydrogen (secondary N) is 1. The van der Waals surface area contributed by atoms with Gasteiger partial charge >= 0.3 is 0 Å². The fourth-order valence-electron chi connectivity index (χ4n) is 1.97. The summed E-state index contributed by atoms with van der Waals surface area (Å²) >= 11 is 11.8. The summed E-state index contributed by atoms with van der Waals surface area (Å²) in [5, 5.41) is 3.67. The van der Waals surface area contributed by atoms with Gasteiger partial charge in [0.05, 0.1) is 12.1 Å². The fourth-order valence-corrected chi connectivity index (χ4v) is 2.36. The van der Waals surface area contributed by atoms with Crippen molar-refractivity contribution in [1.82, 2.24) is 0 Å². The second kappa shape index (κ2) is 7.99. The van der Waals surface area contributed by atoms with Crippen LogP contribution in [0.4, 0.5) is 5.69 Å². The molecule has 2 rings (SSSR count). The number of ketones is 1. The Bertz CT molecular complexity index is 714. The normalized spacial score (nSPS) is 10.2. The van der Waals surface area contributed by atoms with Crippen molar-refractivity contribution in [3.05, 3.63) is 58.1 Å². The van der Waals surface area contributed by atoms with Crippen LogP contribution in [0.1, 0.15) is 23.2 Å². The lowest BCUT2D eigenvalue weighted by Crippen LogP contribution is -2.13. The summed E-state index contributed by atoms with van der Waals surface area (Å²) in [7, 11) is 1.52. The van der Waals surface area contributed by atoms with Crippen molar-refractivity contribution in [3.63, 3.8) is 0 Å². The van der Waals surface area contributed by atoms with Crippen LogP contribution in [0.3, 0.4) is 0 Å². The highest BCUT2D eigenvalue weighted by Gasteiger charge is 2.10. The van der Waals surface area contributed by atoms with Crippen LogP contribution < -0.4 is 10.1 Å². The minimum atomic E-state index is -0.256. The highest BCUT2D eigenvalue weighted by molar-refractivity contribution is 6.32. The first-order chi connectivity index (χ1) is 11.0. The lowest BCUT2D eigenvalue weighted by Gasteiger charge is -2.08. The second-order valence-electron chi connectivity index (χ2n) is 4.83. The van der Waals surface area contributed by atoms with Gasteiger partial charge in [-0.1, -0.05) is 23.2 Å². The van der Waals surface area contributed by atoms with Crippen molar-refractivity contribution in [2.24, 2.45) is 0 Å². The molecule has 0 aliphatic rings. The fraction of sp³-hybridized carbons (Fsp3) is 0.176. The average Bonchev–Trinajstić information content (AvgIpc) is 2.53. The first-order valence-corrected chi connectivity index (χ1v) is 7.67. The Kier molecular flexibility index (Phi) is 6.02. The molecule has 0 unspecified atom stereocenters. The molecule has 0 bridgehead atoms. The van der Waals surface area contributed by atoms with E-state index in [4.69, 9.17) is 27.9 Å².